The summed E-state index contributed by atoms with van der Waals surface area (Å²) in [4.78, 5) is 32.9. The molecule has 0 aliphatic carbocycles. The van der Waals surface area contributed by atoms with Crippen molar-refractivity contribution >= 4 is 23.5 Å². The largest absolute Gasteiger partial charge is 0.463 e. The Balaban J connectivity index is 3.05. The Morgan fingerprint density at radius 1 is 1.38 bits per heavy atom. The van der Waals surface area contributed by atoms with Crippen LogP contribution >= 0.6 is 11.6 Å². The smallest absolute Gasteiger partial charge is 0.303 e. The van der Waals surface area contributed by atoms with Gasteiger partial charge in [0.2, 0.25) is 0 Å². The van der Waals surface area contributed by atoms with Crippen molar-refractivity contribution in [3.8, 4) is 0 Å². The van der Waals surface area contributed by atoms with E-state index in [1.807, 2.05) is 0 Å². The van der Waals surface area contributed by atoms with Gasteiger partial charge in [-0.2, -0.15) is 0 Å². The second-order valence-corrected chi connectivity index (χ2v) is 4.79. The number of hydrogen-bond acceptors (Lipinski definition) is 9. The van der Waals surface area contributed by atoms with Gasteiger partial charge < -0.3 is 24.1 Å². The van der Waals surface area contributed by atoms with E-state index < -0.39 is 41.5 Å². The summed E-state index contributed by atoms with van der Waals surface area (Å²) in [6.45, 7) is 2.00. The van der Waals surface area contributed by atoms with Gasteiger partial charge in [-0.15, -0.1) is 4.91 Å². The molecule has 1 rings (SSSR count). The molecular formula is C11H16ClNO8. The quantitative estimate of drug-likeness (QED) is 0.423. The maximum Gasteiger partial charge on any atom is 0.303 e. The molecule has 0 amide bonds. The van der Waals surface area contributed by atoms with Crippen LogP contribution in [0.2, 0.25) is 0 Å². The van der Waals surface area contributed by atoms with E-state index in [4.69, 9.17) is 30.5 Å². The van der Waals surface area contributed by atoms with Crippen molar-refractivity contribution in [2.75, 3.05) is 13.7 Å². The maximum absolute atomic E-state index is 11.2. The topological polar surface area (TPSA) is 121 Å². The molecule has 0 aromatic rings. The molecule has 1 heterocycles. The molecule has 1 aliphatic rings. The Morgan fingerprint density at radius 2 is 2.00 bits per heavy atom. The molecule has 1 fully saturated rings. The molecule has 0 aromatic heterocycles. The summed E-state index contributed by atoms with van der Waals surface area (Å²) < 4.78 is 19.9. The minimum atomic E-state index is -2.46. The summed E-state index contributed by atoms with van der Waals surface area (Å²) in [5, 5.41) is 12.7. The van der Waals surface area contributed by atoms with Gasteiger partial charge >= 0.3 is 11.9 Å². The van der Waals surface area contributed by atoms with E-state index in [0.29, 0.717) is 0 Å². The molecule has 10 heteroatoms. The number of halogens is 1. The Kier molecular flexibility index (Phi) is 6.02. The van der Waals surface area contributed by atoms with E-state index in [-0.39, 0.29) is 6.61 Å². The number of carbonyl (C=O) groups is 2. The lowest BCUT2D eigenvalue weighted by molar-refractivity contribution is -0.264. The molecule has 0 unspecified atom stereocenters. The average Bonchev–Trinajstić information content (AvgIpc) is 2.40. The molecule has 0 aromatic carbocycles. The lowest BCUT2D eigenvalue weighted by Crippen LogP contribution is -2.65. The summed E-state index contributed by atoms with van der Waals surface area (Å²) in [6, 6.07) is 0. The number of esters is 2. The van der Waals surface area contributed by atoms with Gasteiger partial charge in [0.1, 0.15) is 12.7 Å². The van der Waals surface area contributed by atoms with Crippen molar-refractivity contribution < 1.29 is 33.6 Å². The van der Waals surface area contributed by atoms with Crippen LogP contribution in [0.1, 0.15) is 13.8 Å². The van der Waals surface area contributed by atoms with Crippen LogP contribution in [-0.4, -0.2) is 60.4 Å². The van der Waals surface area contributed by atoms with E-state index in [2.05, 4.69) is 5.18 Å². The third-order valence-corrected chi connectivity index (χ3v) is 3.29. The fraction of sp³-hybridized carbons (Fsp3) is 0.818. The molecule has 1 aliphatic heterocycles. The number of nitroso groups, excluding NO2 is 1. The van der Waals surface area contributed by atoms with Crippen LogP contribution in [-0.2, 0) is 28.5 Å². The first-order valence-electron chi connectivity index (χ1n) is 5.96. The first-order chi connectivity index (χ1) is 9.76. The van der Waals surface area contributed by atoms with Gasteiger partial charge in [0.05, 0.1) is 0 Å². The zero-order chi connectivity index (χ0) is 16.2. The minimum absolute atomic E-state index is 0.300. The van der Waals surface area contributed by atoms with Gasteiger partial charge in [-0.25, -0.2) is 0 Å². The summed E-state index contributed by atoms with van der Waals surface area (Å²) in [6.07, 6.45) is -3.63. The third-order valence-electron chi connectivity index (χ3n) is 2.86. The number of aliphatic hydroxyl groups is 1. The molecule has 0 spiro atoms. The average molecular weight is 326 g/mol. The van der Waals surface area contributed by atoms with E-state index in [0.717, 1.165) is 6.92 Å². The van der Waals surface area contributed by atoms with E-state index >= 15 is 0 Å². The Hall–Kier alpha value is -1.29. The maximum atomic E-state index is 11.2. The highest BCUT2D eigenvalue weighted by Gasteiger charge is 2.59. The predicted octanol–water partition coefficient (Wildman–Crippen LogP) is -0.0851. The molecule has 0 radical (unpaired) electrons. The number of rotatable bonds is 5. The van der Waals surface area contributed by atoms with Crippen molar-refractivity contribution in [1.82, 2.24) is 0 Å². The number of ether oxygens (including phenoxy) is 4. The fourth-order valence-corrected chi connectivity index (χ4v) is 2.26. The summed E-state index contributed by atoms with van der Waals surface area (Å²) >= 11 is 5.78. The number of carbonyl (C=O) groups excluding carboxylic acids is 2. The lowest BCUT2D eigenvalue weighted by Gasteiger charge is -2.44. The van der Waals surface area contributed by atoms with Gasteiger partial charge in [0.15, 0.2) is 17.8 Å². The van der Waals surface area contributed by atoms with E-state index in [1.54, 1.807) is 0 Å². The first kappa shape index (κ1) is 17.8. The molecule has 9 nitrogen and oxygen atoms in total. The number of hydrogen-bond donors (Lipinski definition) is 1. The van der Waals surface area contributed by atoms with Gasteiger partial charge in [0.25, 0.3) is 5.72 Å². The van der Waals surface area contributed by atoms with Crippen molar-refractivity contribution in [3.05, 3.63) is 4.91 Å². The SMILES string of the molecule is CO[C@H]1[C@H](OC(C)=O)[C@@H](COC(C)=O)O[C@H](Cl)[C@@]1(O)N=O. The number of alkyl halides is 1. The van der Waals surface area contributed by atoms with Crippen molar-refractivity contribution in [3.63, 3.8) is 0 Å². The fourth-order valence-electron chi connectivity index (χ4n) is 1.96. The predicted molar refractivity (Wildman–Crippen MR) is 68.2 cm³/mol. The molecule has 0 saturated carbocycles. The van der Waals surface area contributed by atoms with Crippen molar-refractivity contribution in [2.24, 2.45) is 5.18 Å². The highest BCUT2D eigenvalue weighted by Crippen LogP contribution is 2.36. The molecule has 120 valence electrons. The molecular weight excluding hydrogens is 310 g/mol. The van der Waals surface area contributed by atoms with Crippen LogP contribution in [0, 0.1) is 4.91 Å². The molecule has 1 saturated heterocycles. The zero-order valence-corrected chi connectivity index (χ0v) is 12.4. The zero-order valence-electron chi connectivity index (χ0n) is 11.6. The highest BCUT2D eigenvalue weighted by atomic mass is 35.5. The highest BCUT2D eigenvalue weighted by molar-refractivity contribution is 6.20. The van der Waals surface area contributed by atoms with Crippen molar-refractivity contribution in [1.29, 1.82) is 0 Å². The van der Waals surface area contributed by atoms with Crippen LogP contribution in [0.25, 0.3) is 0 Å². The number of methoxy groups -OCH3 is 1. The lowest BCUT2D eigenvalue weighted by atomic mass is 9.95. The van der Waals surface area contributed by atoms with Gasteiger partial charge in [0, 0.05) is 21.0 Å². The van der Waals surface area contributed by atoms with Crippen molar-refractivity contribution in [2.45, 2.75) is 43.4 Å². The number of nitrogens with zero attached hydrogens (tertiary/aromatic N) is 1. The van der Waals surface area contributed by atoms with E-state index in [1.165, 1.54) is 14.0 Å². The summed E-state index contributed by atoms with van der Waals surface area (Å²) in [5.41, 5.74) is -4.02. The first-order valence-corrected chi connectivity index (χ1v) is 6.39. The normalized spacial score (nSPS) is 35.9. The monoisotopic (exact) mass is 325 g/mol. The molecule has 0 bridgehead atoms. The van der Waals surface area contributed by atoms with Gasteiger partial charge in [-0.3, -0.25) is 9.59 Å². The van der Waals surface area contributed by atoms with Gasteiger partial charge in [-0.1, -0.05) is 11.6 Å². The standard InChI is InChI=1S/C11H16ClNO8/c1-5(14)19-4-7-8(20-6(2)15)9(18-3)11(16,13-17)10(12)21-7/h7-10,16H,4H2,1-3H3/t7-,8-,9+,10+,11-/m1/s1. The minimum Gasteiger partial charge on any atom is -0.463 e. The second-order valence-electron chi connectivity index (χ2n) is 4.40. The molecule has 1 N–H and O–H groups in total. The Morgan fingerprint density at radius 3 is 2.43 bits per heavy atom. The summed E-state index contributed by atoms with van der Waals surface area (Å²) in [7, 11) is 1.18. The Labute approximate surface area is 125 Å². The van der Waals surface area contributed by atoms with Crippen LogP contribution < -0.4 is 0 Å². The summed E-state index contributed by atoms with van der Waals surface area (Å²) in [5.74, 6) is -1.30. The third kappa shape index (κ3) is 3.88. The van der Waals surface area contributed by atoms with Crippen LogP contribution in [0.15, 0.2) is 5.18 Å². The van der Waals surface area contributed by atoms with Gasteiger partial charge in [-0.05, 0) is 5.18 Å². The van der Waals surface area contributed by atoms with Crippen LogP contribution in [0.5, 0.6) is 0 Å². The van der Waals surface area contributed by atoms with Crippen LogP contribution in [0.4, 0.5) is 0 Å². The Bertz CT molecular complexity index is 419. The van der Waals surface area contributed by atoms with Crippen LogP contribution in [0.3, 0.4) is 0 Å². The van der Waals surface area contributed by atoms with E-state index in [9.17, 15) is 19.6 Å². The second kappa shape index (κ2) is 7.12. The molecule has 21 heavy (non-hydrogen) atoms. The molecule has 5 atom stereocenters.